The fraction of sp³-hybridized carbons (Fsp3) is 0.385. The normalized spacial score (nSPS) is 32.1. The highest BCUT2D eigenvalue weighted by Crippen LogP contribution is 2.26. The molecule has 0 saturated heterocycles. The zero-order valence-electron chi connectivity index (χ0n) is 9.13. The fourth-order valence-electron chi connectivity index (χ4n) is 2.07. The van der Waals surface area contributed by atoms with E-state index in [0.717, 1.165) is 0 Å². The van der Waals surface area contributed by atoms with E-state index in [4.69, 9.17) is 4.74 Å². The Labute approximate surface area is 94.5 Å². The lowest BCUT2D eigenvalue weighted by molar-refractivity contribution is -0.147. The molecule has 0 unspecified atom stereocenters. The lowest BCUT2D eigenvalue weighted by Gasteiger charge is -2.19. The molecule has 3 nitrogen and oxygen atoms in total. The Morgan fingerprint density at radius 3 is 2.81 bits per heavy atom. The van der Waals surface area contributed by atoms with Crippen molar-refractivity contribution in [3.8, 4) is 0 Å². The molecule has 0 N–H and O–H groups in total. The summed E-state index contributed by atoms with van der Waals surface area (Å²) in [6.07, 6.45) is 11.4. The van der Waals surface area contributed by atoms with Crippen LogP contribution < -0.4 is 0 Å². The zero-order valence-corrected chi connectivity index (χ0v) is 9.13. The van der Waals surface area contributed by atoms with Crippen LogP contribution in [-0.2, 0) is 14.3 Å². The highest BCUT2D eigenvalue weighted by molar-refractivity contribution is 5.88. The maximum absolute atomic E-state index is 12.1. The fourth-order valence-corrected chi connectivity index (χ4v) is 2.07. The average Bonchev–Trinajstić information content (AvgIpc) is 2.48. The molecule has 16 heavy (non-hydrogen) atoms. The number of ketones is 1. The molecule has 2 bridgehead atoms. The molecule has 3 heteroatoms. The Morgan fingerprint density at radius 2 is 2.06 bits per heavy atom. The summed E-state index contributed by atoms with van der Waals surface area (Å²) < 4.78 is 5.16. The highest BCUT2D eigenvalue weighted by Gasteiger charge is 2.33. The summed E-state index contributed by atoms with van der Waals surface area (Å²) in [5.74, 6) is -0.660. The van der Waals surface area contributed by atoms with Crippen molar-refractivity contribution < 1.29 is 14.3 Å². The van der Waals surface area contributed by atoms with Crippen LogP contribution in [0.1, 0.15) is 13.3 Å². The second kappa shape index (κ2) is 4.47. The molecule has 84 valence electrons. The topological polar surface area (TPSA) is 43.4 Å². The van der Waals surface area contributed by atoms with Gasteiger partial charge in [-0.3, -0.25) is 9.59 Å². The molecule has 0 aromatic carbocycles. The summed E-state index contributed by atoms with van der Waals surface area (Å²) >= 11 is 0. The minimum absolute atomic E-state index is 0.0863. The molecule has 2 aliphatic carbocycles. The van der Waals surface area contributed by atoms with Crippen molar-refractivity contribution in [3.63, 3.8) is 0 Å². The summed E-state index contributed by atoms with van der Waals surface area (Å²) in [6, 6.07) is 0. The molecule has 3 atom stereocenters. The van der Waals surface area contributed by atoms with Crippen LogP contribution in [0.25, 0.3) is 0 Å². The van der Waals surface area contributed by atoms with Gasteiger partial charge < -0.3 is 4.74 Å². The number of hydrogen-bond acceptors (Lipinski definition) is 3. The SMILES string of the molecule is CC(=O)O[C@@H]1C=CC[C@H]2C=CC=C[C@@H]1C2=O. The molecule has 0 aliphatic heterocycles. The van der Waals surface area contributed by atoms with Crippen molar-refractivity contribution in [2.24, 2.45) is 11.8 Å². The van der Waals surface area contributed by atoms with Crippen LogP contribution in [-0.4, -0.2) is 17.9 Å². The predicted octanol–water partition coefficient (Wildman–Crippen LogP) is 1.81. The predicted molar refractivity (Wildman–Crippen MR) is 59.6 cm³/mol. The van der Waals surface area contributed by atoms with Crippen LogP contribution in [0.4, 0.5) is 0 Å². The number of esters is 1. The summed E-state index contributed by atoms with van der Waals surface area (Å²) in [4.78, 5) is 23.1. The Morgan fingerprint density at radius 1 is 1.31 bits per heavy atom. The largest absolute Gasteiger partial charge is 0.457 e. The molecule has 0 heterocycles. The Kier molecular flexibility index (Phi) is 3.04. The number of fused-ring (bicyclic) bond motifs is 2. The molecule has 2 aliphatic rings. The molecule has 0 saturated carbocycles. The first-order chi connectivity index (χ1) is 7.68. The third kappa shape index (κ3) is 2.13. The van der Waals surface area contributed by atoms with Crippen LogP contribution in [0.15, 0.2) is 36.5 Å². The minimum Gasteiger partial charge on any atom is -0.457 e. The number of allylic oxidation sites excluding steroid dienone is 4. The van der Waals surface area contributed by atoms with Gasteiger partial charge in [0.2, 0.25) is 0 Å². The van der Waals surface area contributed by atoms with Gasteiger partial charge >= 0.3 is 5.97 Å². The van der Waals surface area contributed by atoms with Gasteiger partial charge in [0.1, 0.15) is 6.10 Å². The van der Waals surface area contributed by atoms with Crippen LogP contribution in [0.2, 0.25) is 0 Å². The van der Waals surface area contributed by atoms with E-state index in [9.17, 15) is 9.59 Å². The molecule has 0 spiro atoms. The van der Waals surface area contributed by atoms with Gasteiger partial charge in [0.05, 0.1) is 5.92 Å². The van der Waals surface area contributed by atoms with Crippen molar-refractivity contribution in [2.45, 2.75) is 19.4 Å². The second-order valence-corrected chi connectivity index (χ2v) is 4.04. The van der Waals surface area contributed by atoms with Gasteiger partial charge in [-0.05, 0) is 12.5 Å². The van der Waals surface area contributed by atoms with Crippen molar-refractivity contribution in [1.29, 1.82) is 0 Å². The summed E-state index contributed by atoms with van der Waals surface area (Å²) in [5.41, 5.74) is 0. The third-order valence-corrected chi connectivity index (χ3v) is 2.84. The van der Waals surface area contributed by atoms with E-state index in [1.807, 2.05) is 36.5 Å². The van der Waals surface area contributed by atoms with Gasteiger partial charge in [0.15, 0.2) is 5.78 Å². The Bertz CT molecular complexity index is 390. The van der Waals surface area contributed by atoms with Gasteiger partial charge in [0, 0.05) is 12.8 Å². The standard InChI is InChI=1S/C13H14O3/c1-9(14)16-12-8-4-6-10-5-2-3-7-11(12)13(10)15/h2-5,7-8,10-12H,6H2,1H3/t10-,11+,12-/m1/s1. The molecule has 2 rings (SSSR count). The molecule has 0 aromatic rings. The second-order valence-electron chi connectivity index (χ2n) is 4.04. The molecular weight excluding hydrogens is 204 g/mol. The van der Waals surface area contributed by atoms with Crippen molar-refractivity contribution >= 4 is 11.8 Å². The van der Waals surface area contributed by atoms with Crippen LogP contribution in [0.3, 0.4) is 0 Å². The first kappa shape index (κ1) is 10.9. The van der Waals surface area contributed by atoms with Gasteiger partial charge in [0.25, 0.3) is 0 Å². The van der Waals surface area contributed by atoms with E-state index in [0.29, 0.717) is 6.42 Å². The van der Waals surface area contributed by atoms with Gasteiger partial charge in [-0.2, -0.15) is 0 Å². The zero-order chi connectivity index (χ0) is 11.5. The quantitative estimate of drug-likeness (QED) is 0.498. The Balaban J connectivity index is 2.28. The van der Waals surface area contributed by atoms with Crippen LogP contribution in [0, 0.1) is 11.8 Å². The highest BCUT2D eigenvalue weighted by atomic mass is 16.5. The van der Waals surface area contributed by atoms with Crippen LogP contribution >= 0.6 is 0 Å². The van der Waals surface area contributed by atoms with E-state index >= 15 is 0 Å². The smallest absolute Gasteiger partial charge is 0.303 e. The first-order valence-corrected chi connectivity index (χ1v) is 5.41. The molecule has 0 radical (unpaired) electrons. The van der Waals surface area contributed by atoms with Gasteiger partial charge in [-0.1, -0.05) is 30.4 Å². The number of carbonyl (C=O) groups is 2. The number of Topliss-reactive ketones (excluding diaryl/α,β-unsaturated/α-hetero) is 1. The van der Waals surface area contributed by atoms with Crippen molar-refractivity contribution in [1.82, 2.24) is 0 Å². The Hall–Kier alpha value is -1.64. The lowest BCUT2D eigenvalue weighted by atomic mass is 9.90. The van der Waals surface area contributed by atoms with E-state index in [2.05, 4.69) is 0 Å². The average molecular weight is 218 g/mol. The molecular formula is C13H14O3. The molecule has 0 aromatic heterocycles. The third-order valence-electron chi connectivity index (χ3n) is 2.84. The van der Waals surface area contributed by atoms with E-state index in [-0.39, 0.29) is 23.6 Å². The lowest BCUT2D eigenvalue weighted by Crippen LogP contribution is -2.30. The molecule has 0 fully saturated rings. The molecule has 0 amide bonds. The number of carbonyl (C=O) groups excluding carboxylic acids is 2. The monoisotopic (exact) mass is 218 g/mol. The maximum Gasteiger partial charge on any atom is 0.303 e. The maximum atomic E-state index is 12.1. The first-order valence-electron chi connectivity index (χ1n) is 5.41. The van der Waals surface area contributed by atoms with Gasteiger partial charge in [-0.15, -0.1) is 0 Å². The summed E-state index contributed by atoms with van der Waals surface area (Å²) in [6.45, 7) is 1.36. The number of hydrogen-bond donors (Lipinski definition) is 0. The summed E-state index contributed by atoms with van der Waals surface area (Å²) in [5, 5.41) is 0. The van der Waals surface area contributed by atoms with Crippen molar-refractivity contribution in [2.75, 3.05) is 0 Å². The minimum atomic E-state index is -0.453. The van der Waals surface area contributed by atoms with E-state index < -0.39 is 6.10 Å². The van der Waals surface area contributed by atoms with Crippen molar-refractivity contribution in [3.05, 3.63) is 36.5 Å². The van der Waals surface area contributed by atoms with E-state index in [1.54, 1.807) is 0 Å². The van der Waals surface area contributed by atoms with Gasteiger partial charge in [-0.25, -0.2) is 0 Å². The summed E-state index contributed by atoms with van der Waals surface area (Å²) in [7, 11) is 0. The number of ether oxygens (including phenoxy) is 1. The van der Waals surface area contributed by atoms with Crippen LogP contribution in [0.5, 0.6) is 0 Å². The number of rotatable bonds is 1. The van der Waals surface area contributed by atoms with E-state index in [1.165, 1.54) is 6.92 Å².